The van der Waals surface area contributed by atoms with Gasteiger partial charge >= 0.3 is 5.97 Å². The second-order valence-electron chi connectivity index (χ2n) is 3.51. The molecule has 76 valence electrons. The first-order chi connectivity index (χ1) is 6.22. The van der Waals surface area contributed by atoms with Crippen LogP contribution in [-0.2, 0) is 14.3 Å². The topological polar surface area (TPSA) is 38.8 Å². The quantitative estimate of drug-likeness (QED) is 0.586. The molecule has 0 aromatic carbocycles. The molecule has 0 N–H and O–H groups in total. The maximum absolute atomic E-state index is 10.7. The van der Waals surface area contributed by atoms with E-state index in [9.17, 15) is 4.79 Å². The number of rotatable bonds is 4. The first-order valence-electron chi connectivity index (χ1n) is 4.55. The molecule has 0 amide bonds. The van der Waals surface area contributed by atoms with Crippen molar-refractivity contribution in [2.24, 2.45) is 5.92 Å². The molecule has 0 saturated carbocycles. The lowest BCUT2D eigenvalue weighted by Gasteiger charge is -2.09. The summed E-state index contributed by atoms with van der Waals surface area (Å²) < 4.78 is 9.68. The molecule has 1 unspecified atom stereocenters. The maximum Gasteiger partial charge on any atom is 0.331 e. The molecule has 1 heterocycles. The zero-order valence-electron chi connectivity index (χ0n) is 8.28. The second kappa shape index (κ2) is 5.19. The second-order valence-corrected chi connectivity index (χ2v) is 3.51. The van der Waals surface area contributed by atoms with Crippen molar-refractivity contribution in [2.45, 2.75) is 6.42 Å². The van der Waals surface area contributed by atoms with Crippen LogP contribution in [0.3, 0.4) is 0 Å². The maximum atomic E-state index is 10.7. The number of carbonyl (C=O) groups excluding carboxylic acids is 1. The molecule has 0 spiro atoms. The summed E-state index contributed by atoms with van der Waals surface area (Å²) in [5.41, 5.74) is 0. The largest absolute Gasteiger partial charge is 0.467 e. The molecule has 1 fully saturated rings. The molecule has 1 rings (SSSR count). The predicted octanol–water partition coefficient (Wildman–Crippen LogP) is 0.128. The molecular weight excluding hydrogens is 170 g/mol. The Morgan fingerprint density at radius 1 is 1.62 bits per heavy atom. The van der Waals surface area contributed by atoms with Crippen LogP contribution in [0.2, 0.25) is 0 Å². The van der Waals surface area contributed by atoms with Gasteiger partial charge in [-0.25, -0.2) is 4.79 Å². The van der Waals surface area contributed by atoms with E-state index in [1.165, 1.54) is 7.11 Å². The van der Waals surface area contributed by atoms with Crippen LogP contribution in [0.1, 0.15) is 6.42 Å². The van der Waals surface area contributed by atoms with E-state index >= 15 is 0 Å². The van der Waals surface area contributed by atoms with Crippen LogP contribution >= 0.6 is 0 Å². The summed E-state index contributed by atoms with van der Waals surface area (Å²) in [6.45, 7) is 2.95. The minimum Gasteiger partial charge on any atom is -0.467 e. The van der Waals surface area contributed by atoms with Gasteiger partial charge in [-0.05, 0) is 25.9 Å². The fraction of sp³-hybridized carbons (Fsp3) is 0.889. The van der Waals surface area contributed by atoms with Crippen LogP contribution in [0.15, 0.2) is 0 Å². The van der Waals surface area contributed by atoms with Gasteiger partial charge in [-0.3, -0.25) is 0 Å². The number of esters is 1. The van der Waals surface area contributed by atoms with E-state index in [1.807, 2.05) is 0 Å². The average Bonchev–Trinajstić information content (AvgIpc) is 2.51. The van der Waals surface area contributed by atoms with Crippen LogP contribution < -0.4 is 0 Å². The molecule has 0 radical (unpaired) electrons. The Labute approximate surface area is 78.8 Å². The SMILES string of the molecule is COC(=O)COCC1CCN(C)C1. The van der Waals surface area contributed by atoms with Crippen LogP contribution in [0, 0.1) is 5.92 Å². The van der Waals surface area contributed by atoms with E-state index in [0.717, 1.165) is 19.5 Å². The standard InChI is InChI=1S/C9H17NO3/c1-10-4-3-8(5-10)6-13-7-9(11)12-2/h8H,3-7H2,1-2H3. The Hall–Kier alpha value is -0.610. The molecule has 1 aliphatic rings. The Kier molecular flexibility index (Phi) is 4.18. The Morgan fingerprint density at radius 2 is 2.38 bits per heavy atom. The first kappa shape index (κ1) is 10.5. The van der Waals surface area contributed by atoms with Crippen LogP contribution in [-0.4, -0.2) is 51.3 Å². The van der Waals surface area contributed by atoms with E-state index in [2.05, 4.69) is 16.7 Å². The summed E-state index contributed by atoms with van der Waals surface area (Å²) in [5, 5.41) is 0. The van der Waals surface area contributed by atoms with Crippen LogP contribution in [0.5, 0.6) is 0 Å². The molecule has 0 bridgehead atoms. The van der Waals surface area contributed by atoms with E-state index in [4.69, 9.17) is 4.74 Å². The lowest BCUT2D eigenvalue weighted by atomic mass is 10.1. The molecule has 4 heteroatoms. The molecule has 13 heavy (non-hydrogen) atoms. The third-order valence-electron chi connectivity index (χ3n) is 2.29. The predicted molar refractivity (Wildman–Crippen MR) is 48.4 cm³/mol. The fourth-order valence-electron chi connectivity index (χ4n) is 1.53. The monoisotopic (exact) mass is 187 g/mol. The zero-order valence-corrected chi connectivity index (χ0v) is 8.28. The van der Waals surface area contributed by atoms with E-state index < -0.39 is 0 Å². The highest BCUT2D eigenvalue weighted by molar-refractivity contribution is 5.70. The van der Waals surface area contributed by atoms with Gasteiger partial charge in [0.2, 0.25) is 0 Å². The number of carbonyl (C=O) groups is 1. The summed E-state index contributed by atoms with van der Waals surface area (Å²) in [5.74, 6) is 0.279. The summed E-state index contributed by atoms with van der Waals surface area (Å²) in [7, 11) is 3.47. The molecular formula is C9H17NO3. The van der Waals surface area contributed by atoms with E-state index in [0.29, 0.717) is 12.5 Å². The summed E-state index contributed by atoms with van der Waals surface area (Å²) in [6, 6.07) is 0. The molecule has 1 aliphatic heterocycles. The highest BCUT2D eigenvalue weighted by Gasteiger charge is 2.19. The van der Waals surface area contributed by atoms with Crippen molar-refractivity contribution in [2.75, 3.05) is 40.5 Å². The highest BCUT2D eigenvalue weighted by atomic mass is 16.6. The number of nitrogens with zero attached hydrogens (tertiary/aromatic N) is 1. The third-order valence-corrected chi connectivity index (χ3v) is 2.29. The van der Waals surface area contributed by atoms with Gasteiger partial charge in [0.25, 0.3) is 0 Å². The Balaban J connectivity index is 2.03. The number of hydrogen-bond donors (Lipinski definition) is 0. The van der Waals surface area contributed by atoms with Crippen molar-refractivity contribution in [1.82, 2.24) is 4.90 Å². The summed E-state index contributed by atoms with van der Waals surface area (Å²) in [6.07, 6.45) is 1.16. The van der Waals surface area contributed by atoms with Gasteiger partial charge in [-0.2, -0.15) is 0 Å². The van der Waals surface area contributed by atoms with Crippen molar-refractivity contribution < 1.29 is 14.3 Å². The molecule has 1 atom stereocenters. The number of hydrogen-bond acceptors (Lipinski definition) is 4. The lowest BCUT2D eigenvalue weighted by Crippen LogP contribution is -2.19. The summed E-state index contributed by atoms with van der Waals surface area (Å²) >= 11 is 0. The zero-order chi connectivity index (χ0) is 9.68. The number of ether oxygens (including phenoxy) is 2. The van der Waals surface area contributed by atoms with Crippen LogP contribution in [0.4, 0.5) is 0 Å². The summed E-state index contributed by atoms with van der Waals surface area (Å²) in [4.78, 5) is 13.0. The van der Waals surface area contributed by atoms with Gasteiger partial charge in [0.15, 0.2) is 0 Å². The first-order valence-corrected chi connectivity index (χ1v) is 4.55. The average molecular weight is 187 g/mol. The highest BCUT2D eigenvalue weighted by Crippen LogP contribution is 2.13. The molecule has 0 aromatic rings. The van der Waals surface area contributed by atoms with Crippen molar-refractivity contribution in [3.63, 3.8) is 0 Å². The number of likely N-dealkylation sites (tertiary alicyclic amines) is 1. The van der Waals surface area contributed by atoms with Gasteiger partial charge in [0.1, 0.15) is 6.61 Å². The van der Waals surface area contributed by atoms with Gasteiger partial charge in [-0.1, -0.05) is 0 Å². The van der Waals surface area contributed by atoms with Crippen molar-refractivity contribution in [3.05, 3.63) is 0 Å². The third kappa shape index (κ3) is 3.74. The molecule has 4 nitrogen and oxygen atoms in total. The molecule has 0 aromatic heterocycles. The van der Waals surface area contributed by atoms with Gasteiger partial charge in [-0.15, -0.1) is 0 Å². The smallest absolute Gasteiger partial charge is 0.331 e. The minimum atomic E-state index is -0.300. The van der Waals surface area contributed by atoms with Crippen LogP contribution in [0.25, 0.3) is 0 Å². The van der Waals surface area contributed by atoms with E-state index in [1.54, 1.807) is 0 Å². The van der Waals surface area contributed by atoms with Gasteiger partial charge in [0.05, 0.1) is 13.7 Å². The Bertz CT molecular complexity index is 172. The van der Waals surface area contributed by atoms with Gasteiger partial charge in [0, 0.05) is 6.54 Å². The van der Waals surface area contributed by atoms with Crippen molar-refractivity contribution in [1.29, 1.82) is 0 Å². The fourth-order valence-corrected chi connectivity index (χ4v) is 1.53. The molecule has 0 aliphatic carbocycles. The lowest BCUT2D eigenvalue weighted by molar-refractivity contribution is -0.146. The molecule has 1 saturated heterocycles. The van der Waals surface area contributed by atoms with E-state index in [-0.39, 0.29) is 12.6 Å². The normalized spacial score (nSPS) is 23.4. The van der Waals surface area contributed by atoms with Crippen molar-refractivity contribution >= 4 is 5.97 Å². The Morgan fingerprint density at radius 3 is 2.92 bits per heavy atom. The minimum absolute atomic E-state index is 0.0801. The number of methoxy groups -OCH3 is 1. The van der Waals surface area contributed by atoms with Crippen molar-refractivity contribution in [3.8, 4) is 0 Å². The van der Waals surface area contributed by atoms with Gasteiger partial charge < -0.3 is 14.4 Å².